The molecule has 0 saturated heterocycles. The van der Waals surface area contributed by atoms with Crippen LogP contribution in [0.15, 0.2) is 35.1 Å². The molecular weight excluding hydrogens is 463 g/mol. The van der Waals surface area contributed by atoms with E-state index in [4.69, 9.17) is 4.74 Å². The molecule has 0 radical (unpaired) electrons. The van der Waals surface area contributed by atoms with Crippen LogP contribution in [0.1, 0.15) is 36.7 Å². The second-order valence-electron chi connectivity index (χ2n) is 8.34. The molecule has 34 heavy (non-hydrogen) atoms. The van der Waals surface area contributed by atoms with Gasteiger partial charge in [-0.25, -0.2) is 18.1 Å². The molecule has 0 aliphatic heterocycles. The van der Waals surface area contributed by atoms with Crippen molar-refractivity contribution in [2.75, 3.05) is 17.8 Å². The van der Waals surface area contributed by atoms with Crippen molar-refractivity contribution in [3.8, 4) is 5.75 Å². The first-order chi connectivity index (χ1) is 15.9. The van der Waals surface area contributed by atoms with Gasteiger partial charge in [0.25, 0.3) is 11.8 Å². The Morgan fingerprint density at radius 3 is 2.59 bits per heavy atom. The van der Waals surface area contributed by atoms with Crippen molar-refractivity contribution in [2.24, 2.45) is 4.36 Å². The third-order valence-corrected chi connectivity index (χ3v) is 5.27. The van der Waals surface area contributed by atoms with Crippen molar-refractivity contribution in [1.82, 2.24) is 19.9 Å². The molecule has 1 atom stereocenters. The van der Waals surface area contributed by atoms with Crippen LogP contribution >= 0.6 is 0 Å². The minimum absolute atomic E-state index is 0.0762. The van der Waals surface area contributed by atoms with Crippen molar-refractivity contribution in [3.05, 3.63) is 47.7 Å². The predicted octanol–water partition coefficient (Wildman–Crippen LogP) is 3.08. The van der Waals surface area contributed by atoms with E-state index >= 15 is 0 Å². The topological polar surface area (TPSA) is 127 Å². The highest BCUT2D eigenvalue weighted by Gasteiger charge is 2.21. The van der Waals surface area contributed by atoms with Crippen molar-refractivity contribution in [3.63, 3.8) is 0 Å². The molecular formula is C22H27FN6O4S. The molecule has 1 aromatic carbocycles. The summed E-state index contributed by atoms with van der Waals surface area (Å²) in [7, 11) is -2.64. The van der Waals surface area contributed by atoms with Gasteiger partial charge in [-0.3, -0.25) is 9.59 Å². The molecule has 2 heterocycles. The van der Waals surface area contributed by atoms with Gasteiger partial charge in [0.2, 0.25) is 0 Å². The number of aryl methyl sites for hydroxylation is 1. The quantitative estimate of drug-likeness (QED) is 0.521. The second-order valence-corrected chi connectivity index (χ2v) is 10.9. The number of benzene rings is 1. The first-order valence-corrected chi connectivity index (χ1v) is 12.8. The van der Waals surface area contributed by atoms with Crippen LogP contribution in [0.4, 0.5) is 15.9 Å². The molecule has 2 N–H and O–H groups in total. The monoisotopic (exact) mass is 490 g/mol. The summed E-state index contributed by atoms with van der Waals surface area (Å²) < 4.78 is 36.9. The third kappa shape index (κ3) is 5.87. The predicted molar refractivity (Wildman–Crippen MR) is 128 cm³/mol. The summed E-state index contributed by atoms with van der Waals surface area (Å²) >= 11 is 0. The number of ether oxygens (including phenoxy) is 1. The number of hydrogen-bond donors (Lipinski definition) is 2. The number of anilines is 2. The van der Waals surface area contributed by atoms with Gasteiger partial charge in [0.05, 0.1) is 11.3 Å². The minimum Gasteiger partial charge on any atom is -0.479 e. The smallest absolute Gasteiger partial charge is 0.286 e. The number of nitrogens with zero attached hydrogens (tertiary/aromatic N) is 4. The Kier molecular flexibility index (Phi) is 7.20. The zero-order valence-electron chi connectivity index (χ0n) is 19.7. The molecule has 12 heteroatoms. The Bertz CT molecular complexity index is 1370. The van der Waals surface area contributed by atoms with Gasteiger partial charge in [-0.1, -0.05) is 0 Å². The fourth-order valence-corrected chi connectivity index (χ4v) is 3.68. The fourth-order valence-electron chi connectivity index (χ4n) is 3.19. The van der Waals surface area contributed by atoms with Gasteiger partial charge in [-0.15, -0.1) is 0 Å². The van der Waals surface area contributed by atoms with Crippen molar-refractivity contribution in [1.29, 1.82) is 0 Å². The lowest BCUT2D eigenvalue weighted by molar-refractivity contribution is -0.127. The maximum Gasteiger partial charge on any atom is 0.286 e. The molecule has 0 bridgehead atoms. The highest BCUT2D eigenvalue weighted by Crippen LogP contribution is 2.32. The highest BCUT2D eigenvalue weighted by molar-refractivity contribution is 7.92. The summed E-state index contributed by atoms with van der Waals surface area (Å²) in [5.41, 5.74) is 1.58. The van der Waals surface area contributed by atoms with Crippen LogP contribution < -0.4 is 15.4 Å². The van der Waals surface area contributed by atoms with Crippen LogP contribution in [0.5, 0.6) is 5.75 Å². The zero-order valence-corrected chi connectivity index (χ0v) is 20.6. The number of amides is 2. The van der Waals surface area contributed by atoms with Crippen LogP contribution in [-0.2, 0) is 14.5 Å². The molecule has 3 rings (SSSR count). The standard InChI is InChI=1S/C22H27FN6O4S/c1-12(2)26-21(30)14(4)33-18-9-15(23)7-8-17(18)27-20-19-13(3)16(10-29(19)25-11-24-20)22(31)28-34(5,6)32/h7-12,14H,1-6H3,(H,26,30)(H,24,25,27)/t14-/m1/s1. The summed E-state index contributed by atoms with van der Waals surface area (Å²) in [4.78, 5) is 29.1. The zero-order chi connectivity index (χ0) is 25.2. The number of hydrogen-bond acceptors (Lipinski definition) is 7. The Labute approximate surface area is 197 Å². The minimum atomic E-state index is -2.64. The molecule has 3 aromatic rings. The van der Waals surface area contributed by atoms with Gasteiger partial charge in [-0.2, -0.15) is 9.46 Å². The molecule has 0 aliphatic carbocycles. The molecule has 0 fully saturated rings. The first-order valence-electron chi connectivity index (χ1n) is 10.4. The number of rotatable bonds is 7. The second kappa shape index (κ2) is 9.75. The fraction of sp³-hybridized carbons (Fsp3) is 0.364. The molecule has 2 aromatic heterocycles. The summed E-state index contributed by atoms with van der Waals surface area (Å²) in [6.45, 7) is 6.91. The van der Waals surface area contributed by atoms with E-state index in [9.17, 15) is 18.2 Å². The largest absolute Gasteiger partial charge is 0.479 e. The summed E-state index contributed by atoms with van der Waals surface area (Å²) in [5.74, 6) is -1.08. The van der Waals surface area contributed by atoms with Crippen LogP contribution in [0.3, 0.4) is 0 Å². The van der Waals surface area contributed by atoms with Gasteiger partial charge in [-0.05, 0) is 45.4 Å². The van der Waals surface area contributed by atoms with Gasteiger partial charge in [0.1, 0.15) is 23.4 Å². The Balaban J connectivity index is 2.00. The first kappa shape index (κ1) is 25.1. The van der Waals surface area contributed by atoms with E-state index < -0.39 is 27.6 Å². The van der Waals surface area contributed by atoms with E-state index in [0.29, 0.717) is 22.6 Å². The SMILES string of the molecule is Cc1c(C(=O)N=S(C)(C)=O)cn2ncnc(Nc3ccc(F)cc3O[C@H](C)C(=O)NC(C)C)c12. The number of carbonyl (C=O) groups excluding carboxylic acids is 2. The van der Waals surface area contributed by atoms with Crippen LogP contribution in [0.25, 0.3) is 5.52 Å². The van der Waals surface area contributed by atoms with Crippen molar-refractivity contribution < 1.29 is 22.9 Å². The van der Waals surface area contributed by atoms with Gasteiger partial charge in [0, 0.05) is 40.5 Å². The van der Waals surface area contributed by atoms with Crippen molar-refractivity contribution >= 4 is 38.6 Å². The lowest BCUT2D eigenvalue weighted by Gasteiger charge is -2.19. The maximum absolute atomic E-state index is 14.0. The number of carbonyl (C=O) groups is 2. The van der Waals surface area contributed by atoms with E-state index in [1.54, 1.807) is 13.8 Å². The Morgan fingerprint density at radius 2 is 1.94 bits per heavy atom. The highest BCUT2D eigenvalue weighted by atomic mass is 32.2. The average Bonchev–Trinajstić information content (AvgIpc) is 3.06. The normalized spacial score (nSPS) is 12.5. The number of nitrogens with one attached hydrogen (secondary N) is 2. The maximum atomic E-state index is 14.0. The Hall–Kier alpha value is -3.54. The molecule has 2 amide bonds. The van der Waals surface area contributed by atoms with Crippen molar-refractivity contribution in [2.45, 2.75) is 39.8 Å². The van der Waals surface area contributed by atoms with Crippen LogP contribution in [-0.4, -0.2) is 55.3 Å². The molecule has 10 nitrogen and oxygen atoms in total. The van der Waals surface area contributed by atoms with Gasteiger partial charge >= 0.3 is 0 Å². The van der Waals surface area contributed by atoms with Gasteiger partial charge in [0.15, 0.2) is 11.9 Å². The molecule has 0 saturated carbocycles. The summed E-state index contributed by atoms with van der Waals surface area (Å²) in [5, 5.41) is 9.96. The third-order valence-electron chi connectivity index (χ3n) is 4.66. The van der Waals surface area contributed by atoms with Crippen LogP contribution in [0, 0.1) is 12.7 Å². The summed E-state index contributed by atoms with van der Waals surface area (Å²) in [6, 6.07) is 3.79. The summed E-state index contributed by atoms with van der Waals surface area (Å²) in [6.07, 6.45) is 4.64. The average molecular weight is 491 g/mol. The molecule has 0 unspecified atom stereocenters. The van der Waals surface area contributed by atoms with Gasteiger partial charge < -0.3 is 15.4 Å². The number of halogens is 1. The lowest BCUT2D eigenvalue weighted by atomic mass is 10.2. The molecule has 182 valence electrons. The van der Waals surface area contributed by atoms with E-state index in [1.807, 2.05) is 13.8 Å². The number of aromatic nitrogens is 3. The van der Waals surface area contributed by atoms with E-state index in [2.05, 4.69) is 25.1 Å². The number of fused-ring (bicyclic) bond motifs is 1. The van der Waals surface area contributed by atoms with E-state index in [0.717, 1.165) is 6.07 Å². The molecule has 0 spiro atoms. The lowest BCUT2D eigenvalue weighted by Crippen LogP contribution is -2.40. The molecule has 0 aliphatic rings. The van der Waals surface area contributed by atoms with E-state index in [1.165, 1.54) is 41.7 Å². The Morgan fingerprint density at radius 1 is 1.24 bits per heavy atom. The van der Waals surface area contributed by atoms with Crippen LogP contribution in [0.2, 0.25) is 0 Å². The van der Waals surface area contributed by atoms with E-state index in [-0.39, 0.29) is 23.3 Å².